The van der Waals surface area contributed by atoms with Crippen molar-refractivity contribution in [2.45, 2.75) is 43.9 Å². The fourth-order valence-corrected chi connectivity index (χ4v) is 3.93. The van der Waals surface area contributed by atoms with Crippen LogP contribution in [-0.2, 0) is 4.74 Å². The summed E-state index contributed by atoms with van der Waals surface area (Å²) in [5, 5.41) is 0. The molecule has 72 valence electrons. The summed E-state index contributed by atoms with van der Waals surface area (Å²) < 4.78 is 5.70. The van der Waals surface area contributed by atoms with E-state index in [-0.39, 0.29) is 9.52 Å². The summed E-state index contributed by atoms with van der Waals surface area (Å²) in [6.07, 6.45) is 6.73. The van der Waals surface area contributed by atoms with E-state index < -0.39 is 0 Å². The van der Waals surface area contributed by atoms with E-state index in [2.05, 4.69) is 12.6 Å². The van der Waals surface area contributed by atoms with Gasteiger partial charge in [-0.2, -0.15) is 12.6 Å². The van der Waals surface area contributed by atoms with Gasteiger partial charge in [0.05, 0.1) is 9.52 Å². The first-order chi connectivity index (χ1) is 5.93. The smallest absolute Gasteiger partial charge is 0.0555 e. The Morgan fingerprint density at radius 3 is 2.92 bits per heavy atom. The molecule has 1 heterocycles. The van der Waals surface area contributed by atoms with Gasteiger partial charge in [-0.15, -0.1) is 0 Å². The summed E-state index contributed by atoms with van der Waals surface area (Å²) in [4.78, 5) is 0. The second-order valence-electron chi connectivity index (χ2n) is 3.56. The molecular formula is C9H20OSSi. The van der Waals surface area contributed by atoms with Gasteiger partial charge in [-0.25, -0.2) is 0 Å². The second kappa shape index (κ2) is 6.98. The van der Waals surface area contributed by atoms with Gasteiger partial charge in [-0.1, -0.05) is 12.5 Å². The summed E-state index contributed by atoms with van der Waals surface area (Å²) in [6.45, 7) is 1.03. The minimum atomic E-state index is 0.0890. The van der Waals surface area contributed by atoms with Gasteiger partial charge >= 0.3 is 0 Å². The number of hydrogen-bond donors (Lipinski definition) is 1. The molecule has 0 N–H and O–H groups in total. The van der Waals surface area contributed by atoms with Crippen LogP contribution in [0.4, 0.5) is 0 Å². The maximum Gasteiger partial charge on any atom is 0.0555 e. The van der Waals surface area contributed by atoms with E-state index >= 15 is 0 Å². The van der Waals surface area contributed by atoms with Crippen LogP contribution in [0.1, 0.15) is 32.1 Å². The van der Waals surface area contributed by atoms with Crippen LogP contribution in [0.3, 0.4) is 0 Å². The van der Waals surface area contributed by atoms with Crippen LogP contribution in [0.25, 0.3) is 0 Å². The minimum absolute atomic E-state index is 0.0890. The lowest BCUT2D eigenvalue weighted by atomic mass is 10.2. The molecule has 0 aromatic carbocycles. The Balaban J connectivity index is 1.91. The van der Waals surface area contributed by atoms with Gasteiger partial charge in [0.25, 0.3) is 0 Å². The lowest BCUT2D eigenvalue weighted by molar-refractivity contribution is 0.0649. The Morgan fingerprint density at radius 2 is 2.25 bits per heavy atom. The van der Waals surface area contributed by atoms with E-state index in [0.29, 0.717) is 0 Å². The molecule has 1 atom stereocenters. The first kappa shape index (κ1) is 10.6. The highest BCUT2D eigenvalue weighted by Gasteiger charge is 2.12. The third-order valence-electron chi connectivity index (χ3n) is 2.46. The van der Waals surface area contributed by atoms with Crippen molar-refractivity contribution in [1.82, 2.24) is 0 Å². The Labute approximate surface area is 83.5 Å². The van der Waals surface area contributed by atoms with Gasteiger partial charge in [0.15, 0.2) is 0 Å². The lowest BCUT2D eigenvalue weighted by Crippen LogP contribution is -2.25. The van der Waals surface area contributed by atoms with E-state index in [0.717, 1.165) is 18.1 Å². The zero-order chi connectivity index (χ0) is 8.65. The third-order valence-corrected chi connectivity index (χ3v) is 4.97. The van der Waals surface area contributed by atoms with Crippen LogP contribution >= 0.6 is 12.6 Å². The summed E-state index contributed by atoms with van der Waals surface area (Å²) >= 11 is 4.20. The van der Waals surface area contributed by atoms with E-state index in [4.69, 9.17) is 4.74 Å². The maximum absolute atomic E-state index is 5.70. The summed E-state index contributed by atoms with van der Waals surface area (Å²) in [7, 11) is 0.0890. The zero-order valence-electron chi connectivity index (χ0n) is 7.80. The number of ether oxygens (including phenoxy) is 1. The predicted octanol–water partition coefficient (Wildman–Crippen LogP) is 1.81. The number of thiol groups is 1. The first-order valence-corrected chi connectivity index (χ1v) is 7.61. The molecule has 1 aliphatic heterocycles. The van der Waals surface area contributed by atoms with Gasteiger partial charge in [-0.05, 0) is 31.4 Å². The molecular weight excluding hydrogens is 184 g/mol. The number of hydrogen-bond acceptors (Lipinski definition) is 2. The largest absolute Gasteiger partial charge is 0.382 e. The molecule has 12 heavy (non-hydrogen) atoms. The average Bonchev–Trinajstić information content (AvgIpc) is 2.14. The van der Waals surface area contributed by atoms with E-state index in [1.165, 1.54) is 38.1 Å². The third kappa shape index (κ3) is 4.53. The fourth-order valence-electron chi connectivity index (χ4n) is 1.70. The van der Waals surface area contributed by atoms with Crippen molar-refractivity contribution in [3.63, 3.8) is 0 Å². The molecule has 0 aromatic heterocycles. The van der Waals surface area contributed by atoms with E-state index in [1.807, 2.05) is 0 Å². The molecule has 1 saturated heterocycles. The van der Waals surface area contributed by atoms with E-state index in [9.17, 15) is 0 Å². The Kier molecular flexibility index (Phi) is 6.17. The van der Waals surface area contributed by atoms with Gasteiger partial charge in [0.2, 0.25) is 0 Å². The molecule has 1 fully saturated rings. The van der Waals surface area contributed by atoms with Crippen molar-refractivity contribution in [1.29, 1.82) is 0 Å². The quantitative estimate of drug-likeness (QED) is 0.408. The zero-order valence-corrected chi connectivity index (χ0v) is 10.1. The topological polar surface area (TPSA) is 9.23 Å². The molecule has 0 aromatic rings. The molecule has 0 aliphatic carbocycles. The maximum atomic E-state index is 5.70. The van der Waals surface area contributed by atoms with Gasteiger partial charge < -0.3 is 4.74 Å². The summed E-state index contributed by atoms with van der Waals surface area (Å²) in [6, 6.07) is 1.46. The molecule has 0 amide bonds. The summed E-state index contributed by atoms with van der Waals surface area (Å²) in [5.41, 5.74) is 0.721. The van der Waals surface area contributed by atoms with Crippen molar-refractivity contribution in [3.8, 4) is 0 Å². The molecule has 0 spiro atoms. The lowest BCUT2D eigenvalue weighted by Gasteiger charge is -2.21. The monoisotopic (exact) mass is 204 g/mol. The molecule has 3 heteroatoms. The van der Waals surface area contributed by atoms with Crippen LogP contribution in [0, 0.1) is 0 Å². The van der Waals surface area contributed by atoms with E-state index in [1.54, 1.807) is 0 Å². The fraction of sp³-hybridized carbons (Fsp3) is 1.00. The first-order valence-electron chi connectivity index (χ1n) is 5.16. The van der Waals surface area contributed by atoms with Crippen LogP contribution in [0.5, 0.6) is 0 Å². The van der Waals surface area contributed by atoms with Gasteiger partial charge in [0.1, 0.15) is 0 Å². The van der Waals surface area contributed by atoms with Crippen molar-refractivity contribution >= 4 is 22.1 Å². The van der Waals surface area contributed by atoms with Crippen molar-refractivity contribution in [3.05, 3.63) is 0 Å². The Bertz CT molecular complexity index is 105. The SMILES string of the molecule is SCCCC[SiH2]C1CCCCO1. The molecule has 1 aliphatic rings. The minimum Gasteiger partial charge on any atom is -0.382 e. The van der Waals surface area contributed by atoms with Crippen LogP contribution in [-0.4, -0.2) is 27.6 Å². The molecule has 1 nitrogen and oxygen atoms in total. The molecule has 0 bridgehead atoms. The highest BCUT2D eigenvalue weighted by atomic mass is 32.1. The normalized spacial score (nSPS) is 25.2. The van der Waals surface area contributed by atoms with Gasteiger partial charge in [-0.3, -0.25) is 0 Å². The highest BCUT2D eigenvalue weighted by molar-refractivity contribution is 7.80. The molecule has 1 unspecified atom stereocenters. The average molecular weight is 204 g/mol. The van der Waals surface area contributed by atoms with Crippen molar-refractivity contribution < 1.29 is 4.74 Å². The Morgan fingerprint density at radius 1 is 1.33 bits per heavy atom. The van der Waals surface area contributed by atoms with Crippen LogP contribution in [0.2, 0.25) is 6.04 Å². The molecule has 1 rings (SSSR count). The standard InChI is InChI=1S/C9H20OSSi/c11-7-3-4-8-12-9-5-1-2-6-10-9/h9,11H,1-8,12H2. The van der Waals surface area contributed by atoms with Crippen LogP contribution < -0.4 is 0 Å². The summed E-state index contributed by atoms with van der Waals surface area (Å²) in [5.74, 6) is 1.06. The molecule has 0 saturated carbocycles. The molecule has 0 radical (unpaired) electrons. The van der Waals surface area contributed by atoms with Crippen molar-refractivity contribution in [2.24, 2.45) is 0 Å². The number of rotatable bonds is 5. The number of unbranched alkanes of at least 4 members (excludes halogenated alkanes) is 1. The Hall–Kier alpha value is 0.527. The van der Waals surface area contributed by atoms with Gasteiger partial charge in [0, 0.05) is 12.3 Å². The highest BCUT2D eigenvalue weighted by Crippen LogP contribution is 2.13. The second-order valence-corrected chi connectivity index (χ2v) is 6.20. The van der Waals surface area contributed by atoms with Crippen LogP contribution in [0.15, 0.2) is 0 Å². The van der Waals surface area contributed by atoms with Crippen molar-refractivity contribution in [2.75, 3.05) is 12.4 Å². The predicted molar refractivity (Wildman–Crippen MR) is 60.0 cm³/mol.